The molecule has 1 aromatic heterocycles. The van der Waals surface area contributed by atoms with Gasteiger partial charge in [-0.05, 0) is 38.8 Å². The number of hydrogen-bond donors (Lipinski definition) is 2. The standard InChI is InChI=1S/C18H33N5S/c1-5-15(6-2)16(23-9-7-8-10-23)12-21-18(19-4)22-13-17-20-11-14(3)24-17/h11,15-16H,5-10,12-13H2,1-4H3,(H2,19,21,22). The van der Waals surface area contributed by atoms with Crippen molar-refractivity contribution < 1.29 is 0 Å². The molecule has 0 saturated carbocycles. The normalized spacial score (nSPS) is 17.5. The lowest BCUT2D eigenvalue weighted by Crippen LogP contribution is -2.49. The van der Waals surface area contributed by atoms with Crippen LogP contribution in [0.5, 0.6) is 0 Å². The molecule has 0 spiro atoms. The van der Waals surface area contributed by atoms with Crippen LogP contribution < -0.4 is 10.6 Å². The summed E-state index contributed by atoms with van der Waals surface area (Å²) in [6.07, 6.45) is 7.09. The van der Waals surface area contributed by atoms with E-state index in [4.69, 9.17) is 0 Å². The van der Waals surface area contributed by atoms with Gasteiger partial charge in [-0.15, -0.1) is 11.3 Å². The highest BCUT2D eigenvalue weighted by atomic mass is 32.1. The Kier molecular flexibility index (Phi) is 7.99. The first-order chi connectivity index (χ1) is 11.7. The smallest absolute Gasteiger partial charge is 0.191 e. The van der Waals surface area contributed by atoms with Crippen LogP contribution in [-0.2, 0) is 6.54 Å². The van der Waals surface area contributed by atoms with Gasteiger partial charge in [0, 0.05) is 30.7 Å². The Morgan fingerprint density at radius 2 is 2.00 bits per heavy atom. The second-order valence-corrected chi connectivity index (χ2v) is 7.88. The van der Waals surface area contributed by atoms with Gasteiger partial charge in [0.15, 0.2) is 5.96 Å². The lowest BCUT2D eigenvalue weighted by atomic mass is 9.93. The molecule has 1 fully saturated rings. The number of aliphatic imine (C=N–C) groups is 1. The summed E-state index contributed by atoms with van der Waals surface area (Å²) in [5, 5.41) is 8.04. The SMILES string of the molecule is CCC(CC)C(CNC(=NC)NCc1ncc(C)s1)N1CCCC1. The van der Waals surface area contributed by atoms with Crippen molar-refractivity contribution in [1.82, 2.24) is 20.5 Å². The fraction of sp³-hybridized carbons (Fsp3) is 0.778. The quantitative estimate of drug-likeness (QED) is 0.558. The first-order valence-electron chi connectivity index (χ1n) is 9.27. The first-order valence-corrected chi connectivity index (χ1v) is 10.1. The molecule has 0 radical (unpaired) electrons. The van der Waals surface area contributed by atoms with E-state index in [-0.39, 0.29) is 0 Å². The monoisotopic (exact) mass is 351 g/mol. The van der Waals surface area contributed by atoms with Gasteiger partial charge in [-0.2, -0.15) is 0 Å². The van der Waals surface area contributed by atoms with Gasteiger partial charge in [-0.25, -0.2) is 4.98 Å². The zero-order valence-electron chi connectivity index (χ0n) is 15.6. The molecule has 0 amide bonds. The number of guanidine groups is 1. The fourth-order valence-electron chi connectivity index (χ4n) is 3.56. The van der Waals surface area contributed by atoms with Crippen LogP contribution in [0.4, 0.5) is 0 Å². The molecule has 136 valence electrons. The predicted molar refractivity (Wildman–Crippen MR) is 104 cm³/mol. The van der Waals surface area contributed by atoms with Crippen molar-refractivity contribution in [3.8, 4) is 0 Å². The van der Waals surface area contributed by atoms with E-state index >= 15 is 0 Å². The van der Waals surface area contributed by atoms with E-state index < -0.39 is 0 Å². The summed E-state index contributed by atoms with van der Waals surface area (Å²) in [6, 6.07) is 0.600. The van der Waals surface area contributed by atoms with E-state index in [1.165, 1.54) is 43.6 Å². The van der Waals surface area contributed by atoms with E-state index in [0.29, 0.717) is 6.04 Å². The molecule has 6 heteroatoms. The van der Waals surface area contributed by atoms with Gasteiger partial charge >= 0.3 is 0 Å². The van der Waals surface area contributed by atoms with Crippen molar-refractivity contribution in [2.75, 3.05) is 26.7 Å². The molecule has 5 nitrogen and oxygen atoms in total. The summed E-state index contributed by atoms with van der Waals surface area (Å²) in [4.78, 5) is 12.7. The Bertz CT molecular complexity index is 501. The second-order valence-electron chi connectivity index (χ2n) is 6.56. The van der Waals surface area contributed by atoms with Crippen LogP contribution in [0, 0.1) is 12.8 Å². The lowest BCUT2D eigenvalue weighted by molar-refractivity contribution is 0.166. The van der Waals surface area contributed by atoms with E-state index in [1.807, 2.05) is 13.2 Å². The van der Waals surface area contributed by atoms with Crippen molar-refractivity contribution in [3.05, 3.63) is 16.1 Å². The average molecular weight is 352 g/mol. The summed E-state index contributed by atoms with van der Waals surface area (Å²) >= 11 is 1.73. The molecule has 2 N–H and O–H groups in total. The Labute approximate surface area is 151 Å². The van der Waals surface area contributed by atoms with Gasteiger partial charge < -0.3 is 10.6 Å². The van der Waals surface area contributed by atoms with Crippen molar-refractivity contribution in [2.45, 2.75) is 59.0 Å². The zero-order chi connectivity index (χ0) is 17.4. The van der Waals surface area contributed by atoms with E-state index in [1.54, 1.807) is 11.3 Å². The van der Waals surface area contributed by atoms with Crippen molar-refractivity contribution in [2.24, 2.45) is 10.9 Å². The maximum Gasteiger partial charge on any atom is 0.191 e. The molecule has 1 aliphatic rings. The lowest BCUT2D eigenvalue weighted by Gasteiger charge is -2.34. The molecule has 2 heterocycles. The number of hydrogen-bond acceptors (Lipinski definition) is 4. The summed E-state index contributed by atoms with van der Waals surface area (Å²) in [6.45, 7) is 10.9. The summed E-state index contributed by atoms with van der Waals surface area (Å²) in [5.41, 5.74) is 0. The van der Waals surface area contributed by atoms with Crippen LogP contribution in [0.25, 0.3) is 0 Å². The first kappa shape index (κ1) is 19.2. The van der Waals surface area contributed by atoms with Crippen LogP contribution in [0.1, 0.15) is 49.4 Å². The zero-order valence-corrected chi connectivity index (χ0v) is 16.5. The molecule has 1 aromatic rings. The number of likely N-dealkylation sites (tertiary alicyclic amines) is 1. The average Bonchev–Trinajstić information content (AvgIpc) is 3.25. The van der Waals surface area contributed by atoms with Crippen molar-refractivity contribution in [3.63, 3.8) is 0 Å². The van der Waals surface area contributed by atoms with E-state index in [0.717, 1.165) is 30.0 Å². The van der Waals surface area contributed by atoms with Crippen LogP contribution in [0.3, 0.4) is 0 Å². The number of nitrogens with zero attached hydrogens (tertiary/aromatic N) is 3. The van der Waals surface area contributed by atoms with Crippen LogP contribution >= 0.6 is 11.3 Å². The van der Waals surface area contributed by atoms with Crippen molar-refractivity contribution in [1.29, 1.82) is 0 Å². The second kappa shape index (κ2) is 9.99. The van der Waals surface area contributed by atoms with Crippen LogP contribution in [-0.4, -0.2) is 48.6 Å². The number of aryl methyl sites for hydroxylation is 1. The Morgan fingerprint density at radius 3 is 2.54 bits per heavy atom. The molecule has 1 unspecified atom stereocenters. The van der Waals surface area contributed by atoms with Gasteiger partial charge in [0.2, 0.25) is 0 Å². The highest BCUT2D eigenvalue weighted by molar-refractivity contribution is 7.11. The Balaban J connectivity index is 1.88. The summed E-state index contributed by atoms with van der Waals surface area (Å²) < 4.78 is 0. The molecule has 1 saturated heterocycles. The van der Waals surface area contributed by atoms with E-state index in [9.17, 15) is 0 Å². The van der Waals surface area contributed by atoms with Crippen LogP contribution in [0.15, 0.2) is 11.2 Å². The third-order valence-electron chi connectivity index (χ3n) is 4.98. The molecular weight excluding hydrogens is 318 g/mol. The fourth-order valence-corrected chi connectivity index (χ4v) is 4.29. The van der Waals surface area contributed by atoms with Gasteiger partial charge in [0.1, 0.15) is 5.01 Å². The molecule has 24 heavy (non-hydrogen) atoms. The minimum Gasteiger partial charge on any atom is -0.355 e. The van der Waals surface area contributed by atoms with Crippen LogP contribution in [0.2, 0.25) is 0 Å². The number of nitrogens with one attached hydrogen (secondary N) is 2. The van der Waals surface area contributed by atoms with Gasteiger partial charge in [0.25, 0.3) is 0 Å². The number of rotatable bonds is 8. The molecule has 0 bridgehead atoms. The number of aromatic nitrogens is 1. The molecule has 1 aliphatic heterocycles. The molecule has 0 aliphatic carbocycles. The molecule has 0 aromatic carbocycles. The third-order valence-corrected chi connectivity index (χ3v) is 5.89. The maximum atomic E-state index is 4.40. The molecule has 1 atom stereocenters. The summed E-state index contributed by atoms with van der Waals surface area (Å²) in [5.74, 6) is 1.62. The number of thiazole rings is 1. The van der Waals surface area contributed by atoms with Gasteiger partial charge in [0.05, 0.1) is 6.54 Å². The minimum atomic E-state index is 0.600. The van der Waals surface area contributed by atoms with Gasteiger partial charge in [-0.3, -0.25) is 9.89 Å². The Morgan fingerprint density at radius 1 is 1.29 bits per heavy atom. The highest BCUT2D eigenvalue weighted by Gasteiger charge is 2.27. The van der Waals surface area contributed by atoms with E-state index in [2.05, 4.69) is 46.3 Å². The summed E-state index contributed by atoms with van der Waals surface area (Å²) in [7, 11) is 1.84. The molecule has 2 rings (SSSR count). The highest BCUT2D eigenvalue weighted by Crippen LogP contribution is 2.22. The minimum absolute atomic E-state index is 0.600. The largest absolute Gasteiger partial charge is 0.355 e. The topological polar surface area (TPSA) is 52.6 Å². The predicted octanol–water partition coefficient (Wildman–Crippen LogP) is 3.02. The molecular formula is C18H33N5S. The maximum absolute atomic E-state index is 4.40. The van der Waals surface area contributed by atoms with Crippen molar-refractivity contribution >= 4 is 17.3 Å². The van der Waals surface area contributed by atoms with Gasteiger partial charge in [-0.1, -0.05) is 26.7 Å². The third kappa shape index (κ3) is 5.45. The Hall–Kier alpha value is -1.14.